The van der Waals surface area contributed by atoms with Crippen LogP contribution in [0.3, 0.4) is 0 Å². The Labute approximate surface area is 121 Å². The highest BCUT2D eigenvalue weighted by atomic mass is 32.2. The normalized spacial score (nSPS) is 21.6. The third-order valence-corrected chi connectivity index (χ3v) is 5.52. The van der Waals surface area contributed by atoms with Gasteiger partial charge in [-0.3, -0.25) is 9.69 Å². The van der Waals surface area contributed by atoms with Gasteiger partial charge in [0.25, 0.3) is 0 Å². The number of carbonyl (C=O) groups is 1. The highest BCUT2D eigenvalue weighted by Gasteiger charge is 2.34. The van der Waals surface area contributed by atoms with Crippen LogP contribution in [-0.4, -0.2) is 79.1 Å². The van der Waals surface area contributed by atoms with Gasteiger partial charge in [-0.2, -0.15) is 0 Å². The third-order valence-electron chi connectivity index (χ3n) is 3.77. The summed E-state index contributed by atoms with van der Waals surface area (Å²) in [5.74, 6) is 0.192. The Morgan fingerprint density at radius 3 is 2.45 bits per heavy atom. The number of likely N-dealkylation sites (N-methyl/N-ethyl adjacent to an activating group) is 1. The highest BCUT2D eigenvalue weighted by molar-refractivity contribution is 7.91. The van der Waals surface area contributed by atoms with Crippen molar-refractivity contribution in [1.82, 2.24) is 9.80 Å². The summed E-state index contributed by atoms with van der Waals surface area (Å²) in [6.45, 7) is 7.01. The largest absolute Gasteiger partial charge is 0.395 e. The summed E-state index contributed by atoms with van der Waals surface area (Å²) in [6, 6.07) is -0.0299. The standard InChI is InChI=1S/C13H26N2O4S/c1-4-15(12-5-8-20(18,19)10-12)13(17)9-14(6-7-16)11(2)3/h11-12,16H,4-10H2,1-3H3. The second kappa shape index (κ2) is 7.38. The van der Waals surface area contributed by atoms with Crippen molar-refractivity contribution in [2.75, 3.05) is 37.7 Å². The van der Waals surface area contributed by atoms with Gasteiger partial charge in [0.05, 0.1) is 24.7 Å². The van der Waals surface area contributed by atoms with E-state index in [4.69, 9.17) is 5.11 Å². The van der Waals surface area contributed by atoms with E-state index in [9.17, 15) is 13.2 Å². The van der Waals surface area contributed by atoms with Gasteiger partial charge in [-0.15, -0.1) is 0 Å². The van der Waals surface area contributed by atoms with Crippen LogP contribution in [-0.2, 0) is 14.6 Å². The lowest BCUT2D eigenvalue weighted by Gasteiger charge is -2.31. The molecule has 1 atom stereocenters. The molecule has 0 aromatic carbocycles. The van der Waals surface area contributed by atoms with E-state index in [1.54, 1.807) is 4.90 Å². The molecule has 1 amide bonds. The van der Waals surface area contributed by atoms with Crippen molar-refractivity contribution in [3.8, 4) is 0 Å². The van der Waals surface area contributed by atoms with Gasteiger partial charge in [0.2, 0.25) is 5.91 Å². The molecule has 1 aliphatic heterocycles. The summed E-state index contributed by atoms with van der Waals surface area (Å²) in [6.07, 6.45) is 0.531. The molecular formula is C13H26N2O4S. The minimum Gasteiger partial charge on any atom is -0.395 e. The maximum atomic E-state index is 12.4. The smallest absolute Gasteiger partial charge is 0.237 e. The first-order valence-corrected chi connectivity index (χ1v) is 8.97. The van der Waals surface area contributed by atoms with Gasteiger partial charge in [0, 0.05) is 25.2 Å². The zero-order chi connectivity index (χ0) is 15.3. The van der Waals surface area contributed by atoms with Gasteiger partial charge in [-0.25, -0.2) is 8.42 Å². The number of aliphatic hydroxyl groups is 1. The van der Waals surface area contributed by atoms with Crippen LogP contribution in [0.4, 0.5) is 0 Å². The zero-order valence-electron chi connectivity index (χ0n) is 12.6. The van der Waals surface area contributed by atoms with E-state index in [0.29, 0.717) is 19.5 Å². The van der Waals surface area contributed by atoms with E-state index >= 15 is 0 Å². The van der Waals surface area contributed by atoms with Crippen LogP contribution >= 0.6 is 0 Å². The number of sulfone groups is 1. The molecular weight excluding hydrogens is 280 g/mol. The van der Waals surface area contributed by atoms with Gasteiger partial charge in [-0.05, 0) is 27.2 Å². The number of amides is 1. The second-order valence-electron chi connectivity index (χ2n) is 5.52. The van der Waals surface area contributed by atoms with Crippen LogP contribution in [0.1, 0.15) is 27.2 Å². The molecule has 0 aromatic heterocycles. The van der Waals surface area contributed by atoms with Gasteiger partial charge in [-0.1, -0.05) is 0 Å². The molecule has 0 aliphatic carbocycles. The average Bonchev–Trinajstić information content (AvgIpc) is 2.69. The molecule has 0 spiro atoms. The van der Waals surface area contributed by atoms with E-state index in [1.165, 1.54) is 0 Å². The fraction of sp³-hybridized carbons (Fsp3) is 0.923. The lowest BCUT2D eigenvalue weighted by molar-refractivity contribution is -0.134. The van der Waals surface area contributed by atoms with E-state index in [1.807, 2.05) is 25.7 Å². The molecule has 1 rings (SSSR count). The molecule has 1 fully saturated rings. The number of hydrogen-bond acceptors (Lipinski definition) is 5. The lowest BCUT2D eigenvalue weighted by Crippen LogP contribution is -2.48. The van der Waals surface area contributed by atoms with Crippen molar-refractivity contribution in [3.05, 3.63) is 0 Å². The van der Waals surface area contributed by atoms with E-state index < -0.39 is 9.84 Å². The number of aliphatic hydroxyl groups excluding tert-OH is 1. The summed E-state index contributed by atoms with van der Waals surface area (Å²) in [4.78, 5) is 15.9. The quantitative estimate of drug-likeness (QED) is 0.700. The fourth-order valence-electron chi connectivity index (χ4n) is 2.57. The predicted octanol–water partition coefficient (Wildman–Crippen LogP) is -0.275. The van der Waals surface area contributed by atoms with Gasteiger partial charge >= 0.3 is 0 Å². The van der Waals surface area contributed by atoms with E-state index in [0.717, 1.165) is 0 Å². The summed E-state index contributed by atoms with van der Waals surface area (Å²) in [7, 11) is -2.99. The van der Waals surface area contributed by atoms with Crippen LogP contribution in [0.25, 0.3) is 0 Å². The first-order valence-electron chi connectivity index (χ1n) is 7.15. The maximum Gasteiger partial charge on any atom is 0.237 e. The Bertz CT molecular complexity index is 422. The number of hydrogen-bond donors (Lipinski definition) is 1. The number of rotatable bonds is 7. The monoisotopic (exact) mass is 306 g/mol. The molecule has 1 saturated heterocycles. The summed E-state index contributed by atoms with van der Waals surface area (Å²) in [5, 5.41) is 9.03. The molecule has 20 heavy (non-hydrogen) atoms. The molecule has 6 nitrogen and oxygen atoms in total. The van der Waals surface area contributed by atoms with Crippen LogP contribution in [0.5, 0.6) is 0 Å². The molecule has 0 bridgehead atoms. The average molecular weight is 306 g/mol. The summed E-state index contributed by atoms with van der Waals surface area (Å²) >= 11 is 0. The fourth-order valence-corrected chi connectivity index (χ4v) is 4.30. The van der Waals surface area contributed by atoms with Gasteiger partial charge in [0.1, 0.15) is 0 Å². The predicted molar refractivity (Wildman–Crippen MR) is 78.2 cm³/mol. The van der Waals surface area contributed by atoms with Crippen LogP contribution < -0.4 is 0 Å². The van der Waals surface area contributed by atoms with Gasteiger partial charge in [0.15, 0.2) is 9.84 Å². The highest BCUT2D eigenvalue weighted by Crippen LogP contribution is 2.18. The van der Waals surface area contributed by atoms with Crippen molar-refractivity contribution in [3.63, 3.8) is 0 Å². The molecule has 0 aromatic rings. The maximum absolute atomic E-state index is 12.4. The Hall–Kier alpha value is -0.660. The molecule has 7 heteroatoms. The molecule has 0 saturated carbocycles. The van der Waals surface area contributed by atoms with Crippen LogP contribution in [0, 0.1) is 0 Å². The summed E-state index contributed by atoms with van der Waals surface area (Å²) in [5.41, 5.74) is 0. The number of carbonyl (C=O) groups excluding carboxylic acids is 1. The number of nitrogens with zero attached hydrogens (tertiary/aromatic N) is 2. The SMILES string of the molecule is CCN(C(=O)CN(CCO)C(C)C)C1CCS(=O)(=O)C1. The van der Waals surface area contributed by atoms with Gasteiger partial charge < -0.3 is 10.0 Å². The summed E-state index contributed by atoms with van der Waals surface area (Å²) < 4.78 is 23.1. The van der Waals surface area contributed by atoms with E-state index in [2.05, 4.69) is 0 Å². The minimum atomic E-state index is -2.99. The Morgan fingerprint density at radius 2 is 2.05 bits per heavy atom. The molecule has 1 heterocycles. The Morgan fingerprint density at radius 1 is 1.40 bits per heavy atom. The Balaban J connectivity index is 2.67. The molecule has 1 unspecified atom stereocenters. The molecule has 1 aliphatic rings. The minimum absolute atomic E-state index is 0.00932. The third kappa shape index (κ3) is 4.71. The topological polar surface area (TPSA) is 77.9 Å². The lowest BCUT2D eigenvalue weighted by atomic mass is 10.2. The zero-order valence-corrected chi connectivity index (χ0v) is 13.4. The van der Waals surface area contributed by atoms with E-state index in [-0.39, 0.29) is 42.6 Å². The van der Waals surface area contributed by atoms with Crippen LogP contribution in [0.15, 0.2) is 0 Å². The van der Waals surface area contributed by atoms with Crippen molar-refractivity contribution in [2.45, 2.75) is 39.3 Å². The van der Waals surface area contributed by atoms with Crippen molar-refractivity contribution < 1.29 is 18.3 Å². The van der Waals surface area contributed by atoms with Crippen molar-refractivity contribution in [1.29, 1.82) is 0 Å². The molecule has 118 valence electrons. The molecule has 1 N–H and O–H groups in total. The van der Waals surface area contributed by atoms with Crippen LogP contribution in [0.2, 0.25) is 0 Å². The Kier molecular flexibility index (Phi) is 6.42. The first kappa shape index (κ1) is 17.4. The second-order valence-corrected chi connectivity index (χ2v) is 7.75. The first-order chi connectivity index (χ1) is 9.30. The van der Waals surface area contributed by atoms with Crippen molar-refractivity contribution in [2.24, 2.45) is 0 Å². The van der Waals surface area contributed by atoms with Crippen molar-refractivity contribution >= 4 is 15.7 Å². The molecule has 0 radical (unpaired) electrons.